The number of thiazole rings is 1. The second kappa shape index (κ2) is 13.2. The van der Waals surface area contributed by atoms with Crippen molar-refractivity contribution in [2.75, 3.05) is 26.2 Å². The molecule has 45 heavy (non-hydrogen) atoms. The van der Waals surface area contributed by atoms with Crippen LogP contribution in [0.5, 0.6) is 0 Å². The lowest BCUT2D eigenvalue weighted by molar-refractivity contribution is -0.134. The van der Waals surface area contributed by atoms with Gasteiger partial charge in [-0.3, -0.25) is 14.5 Å². The number of carboxylic acids is 2. The number of nitrogens with zero attached hydrogens (tertiary/aromatic N) is 3. The van der Waals surface area contributed by atoms with Crippen LogP contribution in [0, 0.1) is 11.8 Å². The number of benzene rings is 1. The zero-order valence-electron chi connectivity index (χ0n) is 24.5. The quantitative estimate of drug-likeness (QED) is 0.345. The molecule has 2 aliphatic carbocycles. The molecule has 10 nitrogen and oxygen atoms in total. The van der Waals surface area contributed by atoms with Gasteiger partial charge in [0.05, 0.1) is 28.5 Å². The average Bonchev–Trinajstić information content (AvgIpc) is 3.58. The highest BCUT2D eigenvalue weighted by Crippen LogP contribution is 2.45. The van der Waals surface area contributed by atoms with Crippen LogP contribution in [0.15, 0.2) is 52.3 Å². The number of Topliss-reactive ketones (excluding diaryl/α,β-unsaturated/α-hetero) is 1. The van der Waals surface area contributed by atoms with Gasteiger partial charge in [-0.2, -0.15) is 0 Å². The molecule has 2 aromatic rings. The normalized spacial score (nSPS) is 25.5. The summed E-state index contributed by atoms with van der Waals surface area (Å²) in [7, 11) is 0. The van der Waals surface area contributed by atoms with Crippen LogP contribution in [0.1, 0.15) is 55.0 Å². The minimum atomic E-state index is -1.37. The smallest absolute Gasteiger partial charge is 0.334 e. The minimum Gasteiger partial charge on any atom is -0.478 e. The van der Waals surface area contributed by atoms with E-state index in [1.54, 1.807) is 17.2 Å². The summed E-state index contributed by atoms with van der Waals surface area (Å²) >= 11 is 14.5. The van der Waals surface area contributed by atoms with Crippen molar-refractivity contribution in [3.8, 4) is 0 Å². The standard InChI is InChI=1S/C32H34Cl2N4O6S/c33-20-2-1-3-21(34)26(20)29-27(31(41)42)22(6-7-24-35-8-13-45-24)36-23(28(29)32(43)44)16-25(39)38-11-9-37(10-12-38)19-14-17-4-5-18(15-19)30(17)40/h1-3,8,13,17-19,29,36H,4-7,9-12,14-16H2,(H,41,42)(H,43,44). The summed E-state index contributed by atoms with van der Waals surface area (Å²) in [6.07, 6.45) is 5.79. The molecule has 2 aliphatic heterocycles. The lowest BCUT2D eigenvalue weighted by Crippen LogP contribution is -2.54. The fourth-order valence-electron chi connectivity index (χ4n) is 7.47. The highest BCUT2D eigenvalue weighted by atomic mass is 35.5. The van der Waals surface area contributed by atoms with Gasteiger partial charge in [-0.1, -0.05) is 29.3 Å². The Morgan fingerprint density at radius 1 is 0.933 bits per heavy atom. The molecule has 3 atom stereocenters. The number of hydrogen-bond donors (Lipinski definition) is 3. The number of carbonyl (C=O) groups is 4. The number of aryl methyl sites for hydroxylation is 1. The van der Waals surface area contributed by atoms with Crippen molar-refractivity contribution in [2.24, 2.45) is 11.8 Å². The molecule has 3 unspecified atom stereocenters. The monoisotopic (exact) mass is 672 g/mol. The average molecular weight is 674 g/mol. The molecular formula is C32H34Cl2N4O6S. The number of nitrogens with one attached hydrogen (secondary N) is 1. The van der Waals surface area contributed by atoms with Gasteiger partial charge in [0.25, 0.3) is 0 Å². The number of aliphatic carboxylic acids is 2. The third-order valence-electron chi connectivity index (χ3n) is 9.64. The van der Waals surface area contributed by atoms with Gasteiger partial charge in [0, 0.05) is 89.1 Å². The van der Waals surface area contributed by atoms with Gasteiger partial charge in [0.2, 0.25) is 5.91 Å². The Morgan fingerprint density at radius 2 is 1.56 bits per heavy atom. The maximum atomic E-state index is 13.7. The molecule has 3 fully saturated rings. The van der Waals surface area contributed by atoms with E-state index < -0.39 is 17.9 Å². The summed E-state index contributed by atoms with van der Waals surface area (Å²) in [6.45, 7) is 2.34. The Labute approximate surface area is 274 Å². The number of carbonyl (C=O) groups excluding carboxylic acids is 2. The number of carboxylic acid groups (broad SMARTS) is 2. The highest BCUT2D eigenvalue weighted by molar-refractivity contribution is 7.09. The molecule has 6 rings (SSSR count). The molecule has 2 saturated carbocycles. The Hall–Kier alpha value is -3.25. The van der Waals surface area contributed by atoms with Crippen LogP contribution in [-0.4, -0.2) is 80.8 Å². The number of amides is 1. The molecular weight excluding hydrogens is 639 g/mol. The van der Waals surface area contributed by atoms with E-state index in [0.29, 0.717) is 44.4 Å². The van der Waals surface area contributed by atoms with Crippen molar-refractivity contribution in [3.05, 3.63) is 72.9 Å². The second-order valence-corrected chi connectivity index (χ2v) is 13.9. The lowest BCUT2D eigenvalue weighted by atomic mass is 9.79. The number of aromatic nitrogens is 1. The lowest BCUT2D eigenvalue weighted by Gasteiger charge is -2.42. The zero-order chi connectivity index (χ0) is 31.8. The molecule has 0 radical (unpaired) electrons. The van der Waals surface area contributed by atoms with Crippen LogP contribution in [-0.2, 0) is 25.6 Å². The topological polar surface area (TPSA) is 140 Å². The van der Waals surface area contributed by atoms with Crippen LogP contribution in [0.25, 0.3) is 0 Å². The fourth-order valence-corrected chi connectivity index (χ4v) is 8.71. The van der Waals surface area contributed by atoms with Gasteiger partial charge in [0.15, 0.2) is 0 Å². The highest BCUT2D eigenvalue weighted by Gasteiger charge is 2.44. The van der Waals surface area contributed by atoms with Crippen molar-refractivity contribution in [1.82, 2.24) is 20.1 Å². The summed E-state index contributed by atoms with van der Waals surface area (Å²) in [6, 6.07) is 5.03. The van der Waals surface area contributed by atoms with Crippen LogP contribution in [0.2, 0.25) is 10.0 Å². The van der Waals surface area contributed by atoms with Crippen molar-refractivity contribution in [2.45, 2.75) is 56.9 Å². The minimum absolute atomic E-state index is 0.123. The zero-order valence-corrected chi connectivity index (χ0v) is 26.8. The van der Waals surface area contributed by atoms with E-state index in [1.165, 1.54) is 23.5 Å². The second-order valence-electron chi connectivity index (χ2n) is 12.1. The molecule has 2 bridgehead atoms. The maximum Gasteiger partial charge on any atom is 0.334 e. The van der Waals surface area contributed by atoms with Gasteiger partial charge >= 0.3 is 11.9 Å². The third-order valence-corrected chi connectivity index (χ3v) is 11.1. The van der Waals surface area contributed by atoms with E-state index in [1.807, 2.05) is 5.38 Å². The Bertz CT molecular complexity index is 1550. The molecule has 13 heteroatoms. The Morgan fingerprint density at radius 3 is 2.13 bits per heavy atom. The summed E-state index contributed by atoms with van der Waals surface area (Å²) in [5, 5.41) is 26.9. The number of rotatable bonds is 9. The van der Waals surface area contributed by atoms with Gasteiger partial charge in [-0.25, -0.2) is 14.6 Å². The van der Waals surface area contributed by atoms with E-state index in [-0.39, 0.29) is 68.7 Å². The van der Waals surface area contributed by atoms with Crippen molar-refractivity contribution in [1.29, 1.82) is 0 Å². The van der Waals surface area contributed by atoms with Crippen molar-refractivity contribution < 1.29 is 29.4 Å². The van der Waals surface area contributed by atoms with Gasteiger partial charge in [-0.05, 0) is 44.2 Å². The largest absolute Gasteiger partial charge is 0.478 e. The Kier molecular flexibility index (Phi) is 9.33. The van der Waals surface area contributed by atoms with Crippen LogP contribution in [0.3, 0.4) is 0 Å². The van der Waals surface area contributed by atoms with E-state index in [9.17, 15) is 29.4 Å². The molecule has 1 amide bonds. The van der Waals surface area contributed by atoms with E-state index in [2.05, 4.69) is 15.2 Å². The number of allylic oxidation sites excluding steroid dienone is 1. The molecule has 4 aliphatic rings. The molecule has 3 N–H and O–H groups in total. The SMILES string of the molecule is O=C(O)C1=C(CCc2nccs2)NC(CC(=O)N2CCN(C3CC4CCC(C3)C4=O)CC2)=C(C(=O)O)C1c1c(Cl)cccc1Cl. The predicted octanol–water partition coefficient (Wildman–Crippen LogP) is 4.74. The molecule has 0 spiro atoms. The number of halogens is 2. The molecule has 238 valence electrons. The first-order valence-corrected chi connectivity index (χ1v) is 16.8. The van der Waals surface area contributed by atoms with Crippen molar-refractivity contribution >= 4 is 58.2 Å². The molecule has 3 heterocycles. The first kappa shape index (κ1) is 31.7. The van der Waals surface area contributed by atoms with E-state index in [4.69, 9.17) is 23.2 Å². The van der Waals surface area contributed by atoms with Crippen LogP contribution in [0.4, 0.5) is 0 Å². The van der Waals surface area contributed by atoms with E-state index in [0.717, 1.165) is 30.7 Å². The first-order chi connectivity index (χ1) is 21.6. The summed E-state index contributed by atoms with van der Waals surface area (Å²) < 4.78 is 0. The maximum absolute atomic E-state index is 13.7. The number of ketones is 1. The summed E-state index contributed by atoms with van der Waals surface area (Å²) in [4.78, 5) is 60.2. The molecule has 1 saturated heterocycles. The van der Waals surface area contributed by atoms with Crippen molar-refractivity contribution in [3.63, 3.8) is 0 Å². The number of fused-ring (bicyclic) bond motifs is 2. The third kappa shape index (κ3) is 6.40. The molecule has 1 aromatic heterocycles. The Balaban J connectivity index is 1.26. The predicted molar refractivity (Wildman–Crippen MR) is 169 cm³/mol. The molecule has 1 aromatic carbocycles. The fraction of sp³-hybridized carbons (Fsp3) is 0.469. The van der Waals surface area contributed by atoms with Crippen LogP contribution >= 0.6 is 34.5 Å². The first-order valence-electron chi connectivity index (χ1n) is 15.2. The van der Waals surface area contributed by atoms with Crippen LogP contribution < -0.4 is 5.32 Å². The summed E-state index contributed by atoms with van der Waals surface area (Å²) in [5.74, 6) is -3.48. The number of piperazine rings is 1. The number of dihydropyridines is 1. The van der Waals surface area contributed by atoms with Gasteiger partial charge in [-0.15, -0.1) is 11.3 Å². The summed E-state index contributed by atoms with van der Waals surface area (Å²) in [5.41, 5.74) is 0.135. The van der Waals surface area contributed by atoms with Gasteiger partial charge < -0.3 is 20.4 Å². The number of hydrogen-bond acceptors (Lipinski definition) is 8. The van der Waals surface area contributed by atoms with E-state index >= 15 is 0 Å². The van der Waals surface area contributed by atoms with Gasteiger partial charge in [0.1, 0.15) is 5.78 Å².